The highest BCUT2D eigenvalue weighted by atomic mass is 35.5. The van der Waals surface area contributed by atoms with Crippen molar-refractivity contribution in [3.05, 3.63) is 94.8 Å². The Morgan fingerprint density at radius 1 is 1.09 bits per heavy atom. The van der Waals surface area contributed by atoms with Crippen LogP contribution in [0.5, 0.6) is 5.75 Å². The van der Waals surface area contributed by atoms with E-state index in [9.17, 15) is 4.79 Å². The standard InChI is InChI=1S/C26H26ClN3O2/c1-18-7-5-8-22(17-18)32-16-6-15-30-24-10-4-3-9-23(24)29-25(30)19(2)28-26(31)20-11-13-21(27)14-12-20/h3-5,7-14,17,19H,6,15-16H2,1-2H3,(H,28,31). The van der Waals surface area contributed by atoms with Gasteiger partial charge in [0.05, 0.1) is 23.7 Å². The van der Waals surface area contributed by atoms with E-state index in [1.807, 2.05) is 43.3 Å². The zero-order chi connectivity index (χ0) is 22.5. The number of carbonyl (C=O) groups is 1. The smallest absolute Gasteiger partial charge is 0.251 e. The molecule has 4 rings (SSSR count). The first-order valence-corrected chi connectivity index (χ1v) is 11.1. The average molecular weight is 448 g/mol. The maximum absolute atomic E-state index is 12.7. The molecule has 0 spiro atoms. The third kappa shape index (κ3) is 5.11. The first-order chi connectivity index (χ1) is 15.5. The van der Waals surface area contributed by atoms with Crippen molar-refractivity contribution in [3.8, 4) is 5.75 Å². The number of amides is 1. The van der Waals surface area contributed by atoms with Gasteiger partial charge in [0.15, 0.2) is 0 Å². The van der Waals surface area contributed by atoms with Gasteiger partial charge in [-0.3, -0.25) is 4.79 Å². The Balaban J connectivity index is 1.48. The van der Waals surface area contributed by atoms with E-state index < -0.39 is 0 Å². The van der Waals surface area contributed by atoms with Gasteiger partial charge in [-0.25, -0.2) is 4.98 Å². The van der Waals surface area contributed by atoms with Crippen LogP contribution in [0.3, 0.4) is 0 Å². The fourth-order valence-corrected chi connectivity index (χ4v) is 3.85. The van der Waals surface area contributed by atoms with Crippen molar-refractivity contribution >= 4 is 28.5 Å². The van der Waals surface area contributed by atoms with Crippen molar-refractivity contribution < 1.29 is 9.53 Å². The second kappa shape index (κ2) is 9.88. The van der Waals surface area contributed by atoms with Crippen LogP contribution < -0.4 is 10.1 Å². The zero-order valence-electron chi connectivity index (χ0n) is 18.2. The molecule has 0 aliphatic carbocycles. The number of hydrogen-bond acceptors (Lipinski definition) is 3. The summed E-state index contributed by atoms with van der Waals surface area (Å²) in [5.74, 6) is 1.55. The van der Waals surface area contributed by atoms with Gasteiger partial charge in [0.1, 0.15) is 11.6 Å². The highest BCUT2D eigenvalue weighted by molar-refractivity contribution is 6.30. The molecule has 0 fully saturated rings. The zero-order valence-corrected chi connectivity index (χ0v) is 19.0. The summed E-state index contributed by atoms with van der Waals surface area (Å²) in [6, 6.07) is 22.7. The summed E-state index contributed by atoms with van der Waals surface area (Å²) in [5, 5.41) is 3.66. The summed E-state index contributed by atoms with van der Waals surface area (Å²) in [4.78, 5) is 17.5. The molecule has 1 N–H and O–H groups in total. The Bertz CT molecular complexity index is 1220. The van der Waals surface area contributed by atoms with Crippen LogP contribution in [0.15, 0.2) is 72.8 Å². The summed E-state index contributed by atoms with van der Waals surface area (Å²) in [5.41, 5.74) is 3.70. The SMILES string of the molecule is Cc1cccc(OCCCn2c(C(C)NC(=O)c3ccc(Cl)cc3)nc3ccccc32)c1. The van der Waals surface area contributed by atoms with Gasteiger partial charge in [0, 0.05) is 17.1 Å². The summed E-state index contributed by atoms with van der Waals surface area (Å²) < 4.78 is 8.08. The molecule has 1 amide bonds. The van der Waals surface area contributed by atoms with E-state index >= 15 is 0 Å². The van der Waals surface area contributed by atoms with Crippen molar-refractivity contribution in [3.63, 3.8) is 0 Å². The maximum atomic E-state index is 12.7. The molecule has 0 saturated heterocycles. The molecule has 0 radical (unpaired) electrons. The largest absolute Gasteiger partial charge is 0.494 e. The van der Waals surface area contributed by atoms with Crippen LogP contribution in [-0.4, -0.2) is 22.1 Å². The molecule has 6 heteroatoms. The van der Waals surface area contributed by atoms with Crippen LogP contribution in [0.25, 0.3) is 11.0 Å². The molecular formula is C26H26ClN3O2. The van der Waals surface area contributed by atoms with Crippen LogP contribution >= 0.6 is 11.6 Å². The van der Waals surface area contributed by atoms with Gasteiger partial charge in [-0.2, -0.15) is 0 Å². The van der Waals surface area contributed by atoms with E-state index in [0.29, 0.717) is 17.2 Å². The first kappa shape index (κ1) is 21.9. The quantitative estimate of drug-likeness (QED) is 0.339. The molecule has 4 aromatic rings. The number of benzene rings is 3. The number of hydrogen-bond donors (Lipinski definition) is 1. The Morgan fingerprint density at radius 2 is 1.88 bits per heavy atom. The summed E-state index contributed by atoms with van der Waals surface area (Å²) >= 11 is 5.94. The highest BCUT2D eigenvalue weighted by Crippen LogP contribution is 2.22. The second-order valence-electron chi connectivity index (χ2n) is 7.83. The lowest BCUT2D eigenvalue weighted by atomic mass is 10.2. The minimum atomic E-state index is -0.261. The van der Waals surface area contributed by atoms with E-state index in [-0.39, 0.29) is 11.9 Å². The minimum absolute atomic E-state index is 0.157. The number of nitrogens with one attached hydrogen (secondary N) is 1. The van der Waals surface area contributed by atoms with Gasteiger partial charge in [0.25, 0.3) is 5.91 Å². The summed E-state index contributed by atoms with van der Waals surface area (Å²) in [7, 11) is 0. The Hall–Kier alpha value is -3.31. The van der Waals surface area contributed by atoms with Crippen LogP contribution in [-0.2, 0) is 6.54 Å². The van der Waals surface area contributed by atoms with Crippen molar-refractivity contribution in [2.24, 2.45) is 0 Å². The third-order valence-electron chi connectivity index (χ3n) is 5.31. The van der Waals surface area contributed by atoms with Gasteiger partial charge in [-0.15, -0.1) is 0 Å². The van der Waals surface area contributed by atoms with E-state index in [1.165, 1.54) is 5.56 Å². The number of aromatic nitrogens is 2. The van der Waals surface area contributed by atoms with Gasteiger partial charge < -0.3 is 14.6 Å². The normalized spacial score (nSPS) is 12.0. The van der Waals surface area contributed by atoms with Crippen LogP contribution in [0.4, 0.5) is 0 Å². The number of rotatable bonds is 8. The van der Waals surface area contributed by atoms with Gasteiger partial charge in [-0.05, 0) is 74.4 Å². The first-order valence-electron chi connectivity index (χ1n) is 10.7. The maximum Gasteiger partial charge on any atom is 0.251 e. The number of nitrogens with zero attached hydrogens (tertiary/aromatic N) is 2. The number of fused-ring (bicyclic) bond motifs is 1. The fourth-order valence-electron chi connectivity index (χ4n) is 3.72. The van der Waals surface area contributed by atoms with Crippen LogP contribution in [0, 0.1) is 6.92 Å². The Kier molecular flexibility index (Phi) is 6.76. The molecular weight excluding hydrogens is 422 g/mol. The lowest BCUT2D eigenvalue weighted by Gasteiger charge is -2.17. The number of imidazole rings is 1. The topological polar surface area (TPSA) is 56.1 Å². The molecule has 3 aromatic carbocycles. The molecule has 0 saturated carbocycles. The van der Waals surface area contributed by atoms with Crippen molar-refractivity contribution in [1.29, 1.82) is 0 Å². The molecule has 0 bridgehead atoms. The van der Waals surface area contributed by atoms with E-state index in [1.54, 1.807) is 24.3 Å². The van der Waals surface area contributed by atoms with Crippen LogP contribution in [0.1, 0.15) is 41.1 Å². The average Bonchev–Trinajstić information content (AvgIpc) is 3.16. The predicted octanol–water partition coefficient (Wildman–Crippen LogP) is 5.96. The molecule has 1 atom stereocenters. The van der Waals surface area contributed by atoms with Crippen molar-refractivity contribution in [1.82, 2.24) is 14.9 Å². The molecule has 164 valence electrons. The van der Waals surface area contributed by atoms with Crippen molar-refractivity contribution in [2.75, 3.05) is 6.61 Å². The van der Waals surface area contributed by atoms with Gasteiger partial charge in [-0.1, -0.05) is 35.9 Å². The molecule has 1 aromatic heterocycles. The number of carbonyl (C=O) groups excluding carboxylic acids is 1. The second-order valence-corrected chi connectivity index (χ2v) is 8.27. The molecule has 1 unspecified atom stereocenters. The highest BCUT2D eigenvalue weighted by Gasteiger charge is 2.19. The van der Waals surface area contributed by atoms with Crippen molar-refractivity contribution in [2.45, 2.75) is 32.9 Å². The summed E-state index contributed by atoms with van der Waals surface area (Å²) in [6.45, 7) is 5.34. The number of halogens is 1. The molecule has 0 aliphatic heterocycles. The fraction of sp³-hybridized carbons (Fsp3) is 0.231. The lowest BCUT2D eigenvalue weighted by molar-refractivity contribution is 0.0937. The Morgan fingerprint density at radius 3 is 2.66 bits per heavy atom. The molecule has 5 nitrogen and oxygen atoms in total. The Labute approximate surface area is 193 Å². The van der Waals surface area contributed by atoms with E-state index in [2.05, 4.69) is 28.9 Å². The van der Waals surface area contributed by atoms with Gasteiger partial charge >= 0.3 is 0 Å². The molecule has 32 heavy (non-hydrogen) atoms. The minimum Gasteiger partial charge on any atom is -0.494 e. The molecule has 1 heterocycles. The molecule has 0 aliphatic rings. The monoisotopic (exact) mass is 447 g/mol. The summed E-state index contributed by atoms with van der Waals surface area (Å²) in [6.07, 6.45) is 0.819. The van der Waals surface area contributed by atoms with Gasteiger partial charge in [0.2, 0.25) is 0 Å². The lowest BCUT2D eigenvalue weighted by Crippen LogP contribution is -2.28. The number of aryl methyl sites for hydroxylation is 2. The van der Waals surface area contributed by atoms with E-state index in [0.717, 1.165) is 35.6 Å². The number of ether oxygens (including phenoxy) is 1. The predicted molar refractivity (Wildman–Crippen MR) is 128 cm³/mol. The van der Waals surface area contributed by atoms with Crippen LogP contribution in [0.2, 0.25) is 5.02 Å². The third-order valence-corrected chi connectivity index (χ3v) is 5.56. The van der Waals surface area contributed by atoms with E-state index in [4.69, 9.17) is 21.3 Å². The number of para-hydroxylation sites is 2.